The average molecular weight is 479 g/mol. The van der Waals surface area contributed by atoms with E-state index in [1.54, 1.807) is 17.0 Å². The number of rotatable bonds is 9. The highest BCUT2D eigenvalue weighted by atomic mass is 35.5. The van der Waals surface area contributed by atoms with Crippen molar-refractivity contribution >= 4 is 35.0 Å². The van der Waals surface area contributed by atoms with E-state index in [4.69, 9.17) is 32.7 Å². The van der Waals surface area contributed by atoms with Gasteiger partial charge in [-0.05, 0) is 55.2 Å². The number of nitrogens with one attached hydrogen (secondary N) is 1. The highest BCUT2D eigenvalue weighted by molar-refractivity contribution is 6.42. The van der Waals surface area contributed by atoms with Crippen molar-refractivity contribution in [3.05, 3.63) is 57.6 Å². The first kappa shape index (κ1) is 24.2. The third kappa shape index (κ3) is 6.08. The van der Waals surface area contributed by atoms with E-state index in [-0.39, 0.29) is 24.8 Å². The Morgan fingerprint density at radius 3 is 2.41 bits per heavy atom. The molecule has 1 atom stereocenters. The van der Waals surface area contributed by atoms with Gasteiger partial charge in [0.1, 0.15) is 19.3 Å². The second kappa shape index (κ2) is 11.4. The maximum Gasteiger partial charge on any atom is 0.242 e. The number of aryl methyl sites for hydroxylation is 1. The largest absolute Gasteiger partial charge is 0.486 e. The number of fused-ring (bicyclic) bond motifs is 1. The van der Waals surface area contributed by atoms with Crippen LogP contribution in [0.2, 0.25) is 10.0 Å². The van der Waals surface area contributed by atoms with E-state index >= 15 is 0 Å². The fourth-order valence-corrected chi connectivity index (χ4v) is 4.01. The van der Waals surface area contributed by atoms with Crippen molar-refractivity contribution in [2.24, 2.45) is 0 Å². The molecule has 0 unspecified atom stereocenters. The summed E-state index contributed by atoms with van der Waals surface area (Å²) in [5.41, 5.74) is 1.79. The maximum absolute atomic E-state index is 13.3. The van der Waals surface area contributed by atoms with Gasteiger partial charge in [-0.2, -0.15) is 0 Å². The second-order valence-electron chi connectivity index (χ2n) is 7.57. The summed E-state index contributed by atoms with van der Waals surface area (Å²) in [5.74, 6) is 1.14. The molecule has 2 amide bonds. The number of ether oxygens (including phenoxy) is 2. The molecule has 0 fully saturated rings. The molecule has 1 N–H and O–H groups in total. The zero-order valence-electron chi connectivity index (χ0n) is 18.3. The lowest BCUT2D eigenvalue weighted by atomic mass is 10.1. The van der Waals surface area contributed by atoms with E-state index in [1.165, 1.54) is 0 Å². The van der Waals surface area contributed by atoms with Gasteiger partial charge in [0.15, 0.2) is 11.5 Å². The minimum Gasteiger partial charge on any atom is -0.486 e. The molecule has 0 spiro atoms. The summed E-state index contributed by atoms with van der Waals surface area (Å²) < 4.78 is 11.2. The summed E-state index contributed by atoms with van der Waals surface area (Å²) >= 11 is 12.2. The standard InChI is InChI=1S/C24H28Cl2N2O4/c1-3-20(24(30)27-4-2)28(15-17-5-8-18(25)19(26)13-17)23(29)10-7-16-6-9-21-22(14-16)32-12-11-31-21/h5-6,8-9,13-14,20H,3-4,7,10-12,15H2,1-2H3,(H,27,30)/t20-/m0/s1. The Labute approximate surface area is 198 Å². The molecule has 6 nitrogen and oxygen atoms in total. The van der Waals surface area contributed by atoms with Crippen molar-refractivity contribution < 1.29 is 19.1 Å². The van der Waals surface area contributed by atoms with Crippen molar-refractivity contribution in [2.75, 3.05) is 19.8 Å². The molecule has 2 aromatic carbocycles. The highest BCUT2D eigenvalue weighted by Gasteiger charge is 2.28. The molecular weight excluding hydrogens is 451 g/mol. The van der Waals surface area contributed by atoms with Crippen LogP contribution in [0.25, 0.3) is 0 Å². The highest BCUT2D eigenvalue weighted by Crippen LogP contribution is 2.31. The lowest BCUT2D eigenvalue weighted by molar-refractivity contribution is -0.141. The van der Waals surface area contributed by atoms with Gasteiger partial charge in [0, 0.05) is 19.5 Å². The average Bonchev–Trinajstić information content (AvgIpc) is 2.79. The summed E-state index contributed by atoms with van der Waals surface area (Å²) in [5, 5.41) is 3.70. The normalized spacial score (nSPS) is 13.4. The SMILES string of the molecule is CCNC(=O)[C@H](CC)N(Cc1ccc(Cl)c(Cl)c1)C(=O)CCc1ccc2c(c1)OCCO2. The first-order valence-electron chi connectivity index (χ1n) is 10.8. The monoisotopic (exact) mass is 478 g/mol. The van der Waals surface area contributed by atoms with E-state index in [1.807, 2.05) is 38.1 Å². The summed E-state index contributed by atoms with van der Waals surface area (Å²) in [7, 11) is 0. The van der Waals surface area contributed by atoms with Gasteiger partial charge in [0.25, 0.3) is 0 Å². The molecule has 172 valence electrons. The quantitative estimate of drug-likeness (QED) is 0.569. The number of nitrogens with zero attached hydrogens (tertiary/aromatic N) is 1. The van der Waals surface area contributed by atoms with Gasteiger partial charge in [0.05, 0.1) is 10.0 Å². The number of hydrogen-bond donors (Lipinski definition) is 1. The Bertz CT molecular complexity index is 967. The Hall–Kier alpha value is -2.44. The fourth-order valence-electron chi connectivity index (χ4n) is 3.68. The van der Waals surface area contributed by atoms with Crippen LogP contribution in [-0.4, -0.2) is 42.5 Å². The number of amides is 2. The van der Waals surface area contributed by atoms with Crippen LogP contribution >= 0.6 is 23.2 Å². The molecular formula is C24H28Cl2N2O4. The number of hydrogen-bond acceptors (Lipinski definition) is 4. The van der Waals surface area contributed by atoms with Gasteiger partial charge in [-0.15, -0.1) is 0 Å². The molecule has 2 aromatic rings. The van der Waals surface area contributed by atoms with E-state index < -0.39 is 6.04 Å². The van der Waals surface area contributed by atoms with Crippen LogP contribution in [0.4, 0.5) is 0 Å². The van der Waals surface area contributed by atoms with Gasteiger partial charge in [-0.25, -0.2) is 0 Å². The van der Waals surface area contributed by atoms with Crippen LogP contribution in [0.1, 0.15) is 37.8 Å². The minimum absolute atomic E-state index is 0.107. The topological polar surface area (TPSA) is 67.9 Å². The summed E-state index contributed by atoms with van der Waals surface area (Å²) in [6.07, 6.45) is 1.29. The molecule has 0 saturated heterocycles. The van der Waals surface area contributed by atoms with Crippen LogP contribution in [-0.2, 0) is 22.6 Å². The Kier molecular flexibility index (Phi) is 8.65. The zero-order chi connectivity index (χ0) is 23.1. The Morgan fingerprint density at radius 2 is 1.72 bits per heavy atom. The number of likely N-dealkylation sites (N-methyl/N-ethyl adjacent to an activating group) is 1. The number of carbonyl (C=O) groups excluding carboxylic acids is 2. The molecule has 8 heteroatoms. The van der Waals surface area contributed by atoms with Crippen molar-refractivity contribution in [3.63, 3.8) is 0 Å². The molecule has 1 heterocycles. The van der Waals surface area contributed by atoms with Gasteiger partial charge in [-0.3, -0.25) is 9.59 Å². The van der Waals surface area contributed by atoms with E-state index in [0.717, 1.165) is 16.9 Å². The predicted octanol–water partition coefficient (Wildman–Crippen LogP) is 4.64. The molecule has 0 aliphatic carbocycles. The third-order valence-electron chi connectivity index (χ3n) is 5.31. The smallest absolute Gasteiger partial charge is 0.242 e. The molecule has 32 heavy (non-hydrogen) atoms. The second-order valence-corrected chi connectivity index (χ2v) is 8.38. The van der Waals surface area contributed by atoms with E-state index in [2.05, 4.69) is 5.32 Å². The number of benzene rings is 2. The van der Waals surface area contributed by atoms with E-state index in [0.29, 0.717) is 48.4 Å². The van der Waals surface area contributed by atoms with Crippen LogP contribution in [0.5, 0.6) is 11.5 Å². The number of carbonyl (C=O) groups is 2. The maximum atomic E-state index is 13.3. The number of halogens is 2. The van der Waals surface area contributed by atoms with Gasteiger partial charge >= 0.3 is 0 Å². The zero-order valence-corrected chi connectivity index (χ0v) is 19.8. The Morgan fingerprint density at radius 1 is 1.00 bits per heavy atom. The van der Waals surface area contributed by atoms with Gasteiger partial charge in [-0.1, -0.05) is 42.3 Å². The van der Waals surface area contributed by atoms with Crippen LogP contribution < -0.4 is 14.8 Å². The first-order chi connectivity index (χ1) is 15.4. The van der Waals surface area contributed by atoms with Crippen molar-refractivity contribution in [3.8, 4) is 11.5 Å². The molecule has 0 saturated carbocycles. The molecule has 1 aliphatic rings. The molecule has 3 rings (SSSR count). The third-order valence-corrected chi connectivity index (χ3v) is 6.05. The summed E-state index contributed by atoms with van der Waals surface area (Å²) in [4.78, 5) is 27.6. The van der Waals surface area contributed by atoms with Crippen LogP contribution in [0, 0.1) is 0 Å². The van der Waals surface area contributed by atoms with Crippen molar-refractivity contribution in [1.82, 2.24) is 10.2 Å². The van der Waals surface area contributed by atoms with Gasteiger partial charge in [0.2, 0.25) is 11.8 Å². The summed E-state index contributed by atoms with van der Waals surface area (Å²) in [6, 6.07) is 10.4. The fraction of sp³-hybridized carbons (Fsp3) is 0.417. The first-order valence-corrected chi connectivity index (χ1v) is 11.6. The Balaban J connectivity index is 1.77. The minimum atomic E-state index is -0.572. The predicted molar refractivity (Wildman–Crippen MR) is 126 cm³/mol. The van der Waals surface area contributed by atoms with Crippen molar-refractivity contribution in [1.29, 1.82) is 0 Å². The summed E-state index contributed by atoms with van der Waals surface area (Å²) in [6.45, 7) is 5.57. The molecule has 0 aromatic heterocycles. The van der Waals surface area contributed by atoms with E-state index in [9.17, 15) is 9.59 Å². The lowest BCUT2D eigenvalue weighted by Gasteiger charge is -2.31. The molecule has 1 aliphatic heterocycles. The lowest BCUT2D eigenvalue weighted by Crippen LogP contribution is -2.49. The van der Waals surface area contributed by atoms with Crippen molar-refractivity contribution in [2.45, 2.75) is 45.7 Å². The van der Waals surface area contributed by atoms with Crippen LogP contribution in [0.3, 0.4) is 0 Å². The van der Waals surface area contributed by atoms with Gasteiger partial charge < -0.3 is 19.7 Å². The molecule has 0 radical (unpaired) electrons. The molecule has 0 bridgehead atoms. The van der Waals surface area contributed by atoms with Crippen LogP contribution in [0.15, 0.2) is 36.4 Å².